The first kappa shape index (κ1) is 13.1. The maximum atomic E-state index is 11.8. The number of hydrogen-bond donors (Lipinski definition) is 3. The summed E-state index contributed by atoms with van der Waals surface area (Å²) >= 11 is 0. The number of aryl methyl sites for hydroxylation is 1. The zero-order chi connectivity index (χ0) is 13.0. The minimum absolute atomic E-state index is 0.0159. The van der Waals surface area contributed by atoms with E-state index >= 15 is 0 Å². The summed E-state index contributed by atoms with van der Waals surface area (Å²) in [7, 11) is 0. The Kier molecular flexibility index (Phi) is 4.36. The Balaban J connectivity index is 1.99. The van der Waals surface area contributed by atoms with Crippen molar-refractivity contribution in [1.29, 1.82) is 0 Å². The van der Waals surface area contributed by atoms with E-state index in [9.17, 15) is 4.79 Å². The molecule has 1 saturated heterocycles. The van der Waals surface area contributed by atoms with Gasteiger partial charge in [0.2, 0.25) is 5.95 Å². The fourth-order valence-corrected chi connectivity index (χ4v) is 2.44. The summed E-state index contributed by atoms with van der Waals surface area (Å²) in [5, 5.41) is 6.60. The van der Waals surface area contributed by atoms with Crippen LogP contribution in [0.1, 0.15) is 31.0 Å². The molecule has 0 aliphatic carbocycles. The Morgan fingerprint density at radius 3 is 2.72 bits per heavy atom. The standard InChI is InChI=1S/C13H22N4O/c1-3-11-9(2)16-13(17-12(11)18)15-8-10-4-6-14-7-5-10/h10,14H,3-8H2,1-2H3,(H2,15,16,17,18). The van der Waals surface area contributed by atoms with E-state index in [1.54, 1.807) is 0 Å². The van der Waals surface area contributed by atoms with Crippen LogP contribution in [0, 0.1) is 12.8 Å². The van der Waals surface area contributed by atoms with Crippen molar-refractivity contribution in [2.75, 3.05) is 25.0 Å². The molecule has 2 heterocycles. The number of anilines is 1. The van der Waals surface area contributed by atoms with Crippen molar-refractivity contribution in [2.24, 2.45) is 5.92 Å². The third-order valence-corrected chi connectivity index (χ3v) is 3.59. The maximum Gasteiger partial charge on any atom is 0.255 e. The fraction of sp³-hybridized carbons (Fsp3) is 0.692. The average Bonchev–Trinajstić information content (AvgIpc) is 2.37. The quantitative estimate of drug-likeness (QED) is 0.747. The number of hydrogen-bond acceptors (Lipinski definition) is 4. The molecule has 5 nitrogen and oxygen atoms in total. The Hall–Kier alpha value is -1.36. The molecule has 1 aliphatic rings. The van der Waals surface area contributed by atoms with Gasteiger partial charge < -0.3 is 10.6 Å². The summed E-state index contributed by atoms with van der Waals surface area (Å²) in [6, 6.07) is 0. The molecule has 0 spiro atoms. The first-order chi connectivity index (χ1) is 8.70. The van der Waals surface area contributed by atoms with Crippen molar-refractivity contribution in [3.8, 4) is 0 Å². The second kappa shape index (κ2) is 6.00. The summed E-state index contributed by atoms with van der Waals surface area (Å²) in [5.74, 6) is 1.27. The lowest BCUT2D eigenvalue weighted by Crippen LogP contribution is -2.31. The van der Waals surface area contributed by atoms with Gasteiger partial charge in [0.15, 0.2) is 0 Å². The van der Waals surface area contributed by atoms with Crippen LogP contribution in [0.3, 0.4) is 0 Å². The van der Waals surface area contributed by atoms with Crippen molar-refractivity contribution >= 4 is 5.95 Å². The lowest BCUT2D eigenvalue weighted by Gasteiger charge is -2.22. The molecule has 1 fully saturated rings. The van der Waals surface area contributed by atoms with E-state index in [4.69, 9.17) is 0 Å². The van der Waals surface area contributed by atoms with E-state index in [0.717, 1.165) is 37.3 Å². The van der Waals surface area contributed by atoms with Gasteiger partial charge in [-0.2, -0.15) is 0 Å². The van der Waals surface area contributed by atoms with Crippen LogP contribution in [0.5, 0.6) is 0 Å². The van der Waals surface area contributed by atoms with Gasteiger partial charge in [-0.15, -0.1) is 0 Å². The number of nitrogens with one attached hydrogen (secondary N) is 3. The molecule has 1 aromatic heterocycles. The first-order valence-corrected chi connectivity index (χ1v) is 6.75. The summed E-state index contributed by atoms with van der Waals surface area (Å²) in [6.45, 7) is 6.93. The summed E-state index contributed by atoms with van der Waals surface area (Å²) in [6.07, 6.45) is 3.09. The average molecular weight is 250 g/mol. The molecule has 2 rings (SSSR count). The third kappa shape index (κ3) is 3.10. The van der Waals surface area contributed by atoms with Crippen molar-refractivity contribution in [3.05, 3.63) is 21.6 Å². The molecule has 0 amide bonds. The fourth-order valence-electron chi connectivity index (χ4n) is 2.44. The summed E-state index contributed by atoms with van der Waals surface area (Å²) in [4.78, 5) is 19.0. The molecule has 18 heavy (non-hydrogen) atoms. The van der Waals surface area contributed by atoms with Crippen LogP contribution in [0.4, 0.5) is 5.95 Å². The topological polar surface area (TPSA) is 69.8 Å². The van der Waals surface area contributed by atoms with Crippen molar-refractivity contribution in [2.45, 2.75) is 33.1 Å². The third-order valence-electron chi connectivity index (χ3n) is 3.59. The van der Waals surface area contributed by atoms with E-state index < -0.39 is 0 Å². The predicted molar refractivity (Wildman–Crippen MR) is 73.1 cm³/mol. The van der Waals surface area contributed by atoms with Crippen LogP contribution in [0.25, 0.3) is 0 Å². The number of aromatic amines is 1. The highest BCUT2D eigenvalue weighted by atomic mass is 16.1. The monoisotopic (exact) mass is 250 g/mol. The Bertz CT molecular complexity index is 449. The zero-order valence-corrected chi connectivity index (χ0v) is 11.2. The molecule has 0 atom stereocenters. The maximum absolute atomic E-state index is 11.8. The van der Waals surface area contributed by atoms with Gasteiger partial charge in [-0.05, 0) is 45.2 Å². The molecule has 100 valence electrons. The largest absolute Gasteiger partial charge is 0.355 e. The highest BCUT2D eigenvalue weighted by Gasteiger charge is 2.13. The lowest BCUT2D eigenvalue weighted by molar-refractivity contribution is 0.389. The molecule has 0 aromatic carbocycles. The first-order valence-electron chi connectivity index (χ1n) is 6.75. The van der Waals surface area contributed by atoms with Crippen LogP contribution in [0.15, 0.2) is 4.79 Å². The van der Waals surface area contributed by atoms with Gasteiger partial charge in [-0.3, -0.25) is 9.78 Å². The number of aromatic nitrogens is 2. The molecular weight excluding hydrogens is 228 g/mol. The normalized spacial score (nSPS) is 16.8. The predicted octanol–water partition coefficient (Wildman–Crippen LogP) is 1.05. The van der Waals surface area contributed by atoms with Gasteiger partial charge in [-0.25, -0.2) is 4.98 Å². The van der Waals surface area contributed by atoms with Crippen LogP contribution >= 0.6 is 0 Å². The van der Waals surface area contributed by atoms with Gasteiger partial charge in [0.1, 0.15) is 0 Å². The van der Waals surface area contributed by atoms with Gasteiger partial charge in [0.05, 0.1) is 0 Å². The Morgan fingerprint density at radius 1 is 1.39 bits per heavy atom. The molecular formula is C13H22N4O. The molecule has 0 bridgehead atoms. The van der Waals surface area contributed by atoms with Gasteiger partial charge in [0.25, 0.3) is 5.56 Å². The second-order valence-electron chi connectivity index (χ2n) is 4.91. The molecule has 0 radical (unpaired) electrons. The van der Waals surface area contributed by atoms with Crippen LogP contribution in [0.2, 0.25) is 0 Å². The van der Waals surface area contributed by atoms with Crippen molar-refractivity contribution in [1.82, 2.24) is 15.3 Å². The zero-order valence-electron chi connectivity index (χ0n) is 11.2. The Labute approximate surface area is 107 Å². The number of H-pyrrole nitrogens is 1. The highest BCUT2D eigenvalue weighted by molar-refractivity contribution is 5.29. The van der Waals surface area contributed by atoms with Crippen molar-refractivity contribution < 1.29 is 0 Å². The molecule has 5 heteroatoms. The number of nitrogens with zero attached hydrogens (tertiary/aromatic N) is 1. The second-order valence-corrected chi connectivity index (χ2v) is 4.91. The van der Waals surface area contributed by atoms with Gasteiger partial charge in [0, 0.05) is 17.8 Å². The molecule has 1 aliphatic heterocycles. The Morgan fingerprint density at radius 2 is 2.11 bits per heavy atom. The van der Waals surface area contributed by atoms with Crippen LogP contribution < -0.4 is 16.2 Å². The minimum atomic E-state index is -0.0159. The molecule has 0 unspecified atom stereocenters. The van der Waals surface area contributed by atoms with E-state index in [0.29, 0.717) is 11.9 Å². The highest BCUT2D eigenvalue weighted by Crippen LogP contribution is 2.12. The number of rotatable bonds is 4. The summed E-state index contributed by atoms with van der Waals surface area (Å²) < 4.78 is 0. The van der Waals surface area contributed by atoms with E-state index in [1.165, 1.54) is 12.8 Å². The van der Waals surface area contributed by atoms with Crippen molar-refractivity contribution in [3.63, 3.8) is 0 Å². The molecule has 0 saturated carbocycles. The van der Waals surface area contributed by atoms with Gasteiger partial charge >= 0.3 is 0 Å². The lowest BCUT2D eigenvalue weighted by atomic mass is 9.98. The van der Waals surface area contributed by atoms with E-state index in [1.807, 2.05) is 13.8 Å². The van der Waals surface area contributed by atoms with Gasteiger partial charge in [-0.1, -0.05) is 6.92 Å². The smallest absolute Gasteiger partial charge is 0.255 e. The summed E-state index contributed by atoms with van der Waals surface area (Å²) in [5.41, 5.74) is 1.59. The molecule has 3 N–H and O–H groups in total. The SMILES string of the molecule is CCc1c(C)nc(NCC2CCNCC2)[nH]c1=O. The minimum Gasteiger partial charge on any atom is -0.355 e. The van der Waals surface area contributed by atoms with Crippen LogP contribution in [-0.4, -0.2) is 29.6 Å². The van der Waals surface area contributed by atoms with E-state index in [-0.39, 0.29) is 5.56 Å². The number of piperidine rings is 1. The van der Waals surface area contributed by atoms with Crippen LogP contribution in [-0.2, 0) is 6.42 Å². The van der Waals surface area contributed by atoms with E-state index in [2.05, 4.69) is 20.6 Å². The molecule has 1 aromatic rings.